The van der Waals surface area contributed by atoms with E-state index in [0.717, 1.165) is 5.56 Å². The van der Waals surface area contributed by atoms with E-state index in [9.17, 15) is 4.79 Å². The molecule has 3 nitrogen and oxygen atoms in total. The summed E-state index contributed by atoms with van der Waals surface area (Å²) in [6.07, 6.45) is 1.53. The fourth-order valence-electron chi connectivity index (χ4n) is 1.87. The Hall–Kier alpha value is -1.87. The summed E-state index contributed by atoms with van der Waals surface area (Å²) in [6.45, 7) is 6.44. The highest BCUT2D eigenvalue weighted by molar-refractivity contribution is 5.88. The van der Waals surface area contributed by atoms with Crippen molar-refractivity contribution in [2.45, 2.75) is 26.2 Å². The third-order valence-corrected chi connectivity index (χ3v) is 3.03. The van der Waals surface area contributed by atoms with Gasteiger partial charge in [0, 0.05) is 11.8 Å². The van der Waals surface area contributed by atoms with Gasteiger partial charge in [-0.3, -0.25) is 4.98 Å². The largest absolute Gasteiger partial charge is 0.478 e. The van der Waals surface area contributed by atoms with E-state index in [1.54, 1.807) is 6.07 Å². The van der Waals surface area contributed by atoms with Crippen molar-refractivity contribution in [1.29, 1.82) is 0 Å². The molecule has 0 aliphatic heterocycles. The Morgan fingerprint density at radius 3 is 2.45 bits per heavy atom. The molecule has 0 fully saturated rings. The van der Waals surface area contributed by atoms with Gasteiger partial charge in [-0.05, 0) is 29.2 Å². The molecule has 1 aromatic heterocycles. The van der Waals surface area contributed by atoms with Crippen LogP contribution in [0.3, 0.4) is 0 Å². The van der Waals surface area contributed by atoms with E-state index < -0.39 is 5.97 Å². The minimum absolute atomic E-state index is 0. The molecule has 1 heterocycles. The second-order valence-corrected chi connectivity index (χ2v) is 5.57. The van der Waals surface area contributed by atoms with Crippen molar-refractivity contribution >= 4 is 18.4 Å². The van der Waals surface area contributed by atoms with Crippen LogP contribution in [0.25, 0.3) is 11.3 Å². The minimum atomic E-state index is -0.935. The molecule has 0 aliphatic carbocycles. The average Bonchev–Trinajstić information content (AvgIpc) is 2.38. The third-order valence-electron chi connectivity index (χ3n) is 3.03. The fraction of sp³-hybridized carbons (Fsp3) is 0.250. The second-order valence-electron chi connectivity index (χ2n) is 5.57. The van der Waals surface area contributed by atoms with Crippen LogP contribution >= 0.6 is 12.4 Å². The molecule has 4 heteroatoms. The molecule has 0 radical (unpaired) electrons. The van der Waals surface area contributed by atoms with Gasteiger partial charge in [-0.2, -0.15) is 0 Å². The zero-order valence-electron chi connectivity index (χ0n) is 11.8. The normalized spacial score (nSPS) is 10.8. The lowest BCUT2D eigenvalue weighted by Crippen LogP contribution is -2.10. The Morgan fingerprint density at radius 1 is 1.15 bits per heavy atom. The second kappa shape index (κ2) is 6.06. The predicted molar refractivity (Wildman–Crippen MR) is 82.6 cm³/mol. The Bertz CT molecular complexity index is 618. The van der Waals surface area contributed by atoms with Crippen molar-refractivity contribution in [2.24, 2.45) is 0 Å². The first kappa shape index (κ1) is 16.2. The zero-order chi connectivity index (χ0) is 14.0. The van der Waals surface area contributed by atoms with E-state index in [4.69, 9.17) is 5.11 Å². The highest BCUT2D eigenvalue weighted by Crippen LogP contribution is 2.26. The van der Waals surface area contributed by atoms with Gasteiger partial charge in [0.15, 0.2) is 0 Å². The van der Waals surface area contributed by atoms with Gasteiger partial charge in [0.2, 0.25) is 0 Å². The van der Waals surface area contributed by atoms with Crippen molar-refractivity contribution in [3.63, 3.8) is 0 Å². The number of hydrogen-bond acceptors (Lipinski definition) is 2. The van der Waals surface area contributed by atoms with E-state index in [0.29, 0.717) is 5.69 Å². The van der Waals surface area contributed by atoms with Crippen LogP contribution in [0.1, 0.15) is 36.7 Å². The van der Waals surface area contributed by atoms with E-state index in [1.807, 2.05) is 12.1 Å². The number of aromatic carboxylic acids is 1. The number of benzene rings is 1. The van der Waals surface area contributed by atoms with Crippen LogP contribution in [0.4, 0.5) is 0 Å². The molecule has 2 rings (SSSR count). The lowest BCUT2D eigenvalue weighted by atomic mass is 9.86. The fourth-order valence-corrected chi connectivity index (χ4v) is 1.87. The first-order valence-corrected chi connectivity index (χ1v) is 6.18. The number of pyridine rings is 1. The molecular weight excluding hydrogens is 274 g/mol. The van der Waals surface area contributed by atoms with Gasteiger partial charge in [0.1, 0.15) is 0 Å². The van der Waals surface area contributed by atoms with Crippen LogP contribution in [0.5, 0.6) is 0 Å². The molecule has 20 heavy (non-hydrogen) atoms. The van der Waals surface area contributed by atoms with Gasteiger partial charge in [-0.25, -0.2) is 4.79 Å². The maximum atomic E-state index is 11.0. The van der Waals surface area contributed by atoms with Crippen molar-refractivity contribution in [3.8, 4) is 11.3 Å². The summed E-state index contributed by atoms with van der Waals surface area (Å²) >= 11 is 0. The van der Waals surface area contributed by atoms with Crippen molar-refractivity contribution < 1.29 is 9.90 Å². The third kappa shape index (κ3) is 3.58. The first-order chi connectivity index (χ1) is 8.88. The topological polar surface area (TPSA) is 50.2 Å². The monoisotopic (exact) mass is 291 g/mol. The molecule has 0 atom stereocenters. The predicted octanol–water partition coefficient (Wildman–Crippen LogP) is 4.17. The van der Waals surface area contributed by atoms with Gasteiger partial charge in [-0.1, -0.05) is 39.0 Å². The SMILES string of the molecule is CC(C)(C)c1cccc(-c2cc(C(=O)O)ccn2)c1.Cl. The number of carboxylic acids is 1. The number of halogens is 1. The number of carbonyl (C=O) groups is 1. The Kier molecular flexibility index (Phi) is 4.90. The number of carboxylic acid groups (broad SMARTS) is 1. The molecule has 1 N–H and O–H groups in total. The molecule has 2 aromatic rings. The Morgan fingerprint density at radius 2 is 1.85 bits per heavy atom. The zero-order valence-corrected chi connectivity index (χ0v) is 12.6. The summed E-state index contributed by atoms with van der Waals surface area (Å²) in [5.41, 5.74) is 3.14. The van der Waals surface area contributed by atoms with Crippen LogP contribution in [0.15, 0.2) is 42.6 Å². The lowest BCUT2D eigenvalue weighted by Gasteiger charge is -2.19. The quantitative estimate of drug-likeness (QED) is 0.903. The maximum Gasteiger partial charge on any atom is 0.335 e. The van der Waals surface area contributed by atoms with Gasteiger partial charge in [-0.15, -0.1) is 12.4 Å². The number of rotatable bonds is 2. The highest BCUT2D eigenvalue weighted by atomic mass is 35.5. The summed E-state index contributed by atoms with van der Waals surface area (Å²) in [5.74, 6) is -0.935. The lowest BCUT2D eigenvalue weighted by molar-refractivity contribution is 0.0697. The Labute approximate surface area is 125 Å². The van der Waals surface area contributed by atoms with Crippen LogP contribution in [0, 0.1) is 0 Å². The molecule has 0 saturated heterocycles. The summed E-state index contributed by atoms with van der Waals surface area (Å²) in [7, 11) is 0. The van der Waals surface area contributed by atoms with E-state index in [2.05, 4.69) is 37.9 Å². The molecule has 0 amide bonds. The van der Waals surface area contributed by atoms with Gasteiger partial charge < -0.3 is 5.11 Å². The van der Waals surface area contributed by atoms with E-state index in [-0.39, 0.29) is 23.4 Å². The molecule has 0 saturated carbocycles. The molecule has 0 bridgehead atoms. The molecule has 106 valence electrons. The summed E-state index contributed by atoms with van der Waals surface area (Å²) < 4.78 is 0. The molecular formula is C16H18ClNO2. The van der Waals surface area contributed by atoms with Gasteiger partial charge in [0.05, 0.1) is 11.3 Å². The molecule has 0 spiro atoms. The van der Waals surface area contributed by atoms with E-state index >= 15 is 0 Å². The van der Waals surface area contributed by atoms with Gasteiger partial charge in [0.25, 0.3) is 0 Å². The molecule has 1 aromatic carbocycles. The smallest absolute Gasteiger partial charge is 0.335 e. The Balaban J connectivity index is 0.00000200. The average molecular weight is 292 g/mol. The molecule has 0 aliphatic rings. The van der Waals surface area contributed by atoms with Crippen LogP contribution in [-0.4, -0.2) is 16.1 Å². The summed E-state index contributed by atoms with van der Waals surface area (Å²) in [6, 6.07) is 11.2. The summed E-state index contributed by atoms with van der Waals surface area (Å²) in [5, 5.41) is 9.01. The van der Waals surface area contributed by atoms with Crippen LogP contribution in [0.2, 0.25) is 0 Å². The first-order valence-electron chi connectivity index (χ1n) is 6.18. The minimum Gasteiger partial charge on any atom is -0.478 e. The molecule has 0 unspecified atom stereocenters. The van der Waals surface area contributed by atoms with E-state index in [1.165, 1.54) is 17.8 Å². The van der Waals surface area contributed by atoms with Gasteiger partial charge >= 0.3 is 5.97 Å². The summed E-state index contributed by atoms with van der Waals surface area (Å²) in [4.78, 5) is 15.2. The van der Waals surface area contributed by atoms with Crippen molar-refractivity contribution in [1.82, 2.24) is 4.98 Å². The van der Waals surface area contributed by atoms with Crippen LogP contribution in [-0.2, 0) is 5.41 Å². The standard InChI is InChI=1S/C16H17NO2.ClH/c1-16(2,3)13-6-4-5-11(9-13)14-10-12(15(18)19)7-8-17-14;/h4-10H,1-3H3,(H,18,19);1H. The highest BCUT2D eigenvalue weighted by Gasteiger charge is 2.14. The number of aromatic nitrogens is 1. The van der Waals surface area contributed by atoms with Crippen molar-refractivity contribution in [2.75, 3.05) is 0 Å². The van der Waals surface area contributed by atoms with Crippen molar-refractivity contribution in [3.05, 3.63) is 53.7 Å². The number of hydrogen-bond donors (Lipinski definition) is 1. The van der Waals surface area contributed by atoms with Crippen LogP contribution < -0.4 is 0 Å². The maximum absolute atomic E-state index is 11.0. The number of nitrogens with zero attached hydrogens (tertiary/aromatic N) is 1.